The molecule has 0 unspecified atom stereocenters. The van der Waals surface area contributed by atoms with Crippen molar-refractivity contribution in [3.05, 3.63) is 52.4 Å². The van der Waals surface area contributed by atoms with Gasteiger partial charge in [0.2, 0.25) is 0 Å². The minimum Gasteiger partial charge on any atom is -0.506 e. The van der Waals surface area contributed by atoms with Crippen molar-refractivity contribution in [2.45, 2.75) is 52.1 Å². The fourth-order valence-corrected chi connectivity index (χ4v) is 4.42. The van der Waals surface area contributed by atoms with Gasteiger partial charge in [0.15, 0.2) is 0 Å². The first-order chi connectivity index (χ1) is 15.4. The van der Waals surface area contributed by atoms with E-state index in [1.54, 1.807) is 19.4 Å². The van der Waals surface area contributed by atoms with Crippen LogP contribution in [0.2, 0.25) is 0 Å². The van der Waals surface area contributed by atoms with Gasteiger partial charge >= 0.3 is 0 Å². The third-order valence-electron chi connectivity index (χ3n) is 6.39. The highest BCUT2D eigenvalue weighted by molar-refractivity contribution is 6.02. The lowest BCUT2D eigenvalue weighted by atomic mass is 9.87. The Labute approximate surface area is 187 Å². The van der Waals surface area contributed by atoms with Crippen LogP contribution in [0, 0.1) is 5.92 Å². The number of carbonyl (C=O) groups is 1. The number of amides is 1. The predicted octanol–water partition coefficient (Wildman–Crippen LogP) is 4.11. The van der Waals surface area contributed by atoms with Gasteiger partial charge in [-0.25, -0.2) is 4.98 Å². The molecule has 2 aromatic heterocycles. The average Bonchev–Trinajstić information content (AvgIpc) is 2.81. The maximum absolute atomic E-state index is 13.1. The van der Waals surface area contributed by atoms with Gasteiger partial charge in [0.05, 0.1) is 12.5 Å². The molecule has 4 rings (SSSR count). The maximum atomic E-state index is 13.1. The van der Waals surface area contributed by atoms with Crippen molar-refractivity contribution >= 4 is 16.9 Å². The van der Waals surface area contributed by atoms with Crippen LogP contribution in [0.3, 0.4) is 0 Å². The summed E-state index contributed by atoms with van der Waals surface area (Å²) in [5.41, 5.74) is 1.27. The van der Waals surface area contributed by atoms with Gasteiger partial charge in [0.1, 0.15) is 22.7 Å². The lowest BCUT2D eigenvalue weighted by Crippen LogP contribution is -2.40. The number of nitrogens with zero attached hydrogens (tertiary/aromatic N) is 2. The number of ether oxygens (including phenoxy) is 1. The third kappa shape index (κ3) is 4.07. The molecule has 7 nitrogen and oxygen atoms in total. The van der Waals surface area contributed by atoms with Crippen molar-refractivity contribution in [2.24, 2.45) is 5.92 Å². The Kier molecular flexibility index (Phi) is 6.17. The molecule has 32 heavy (non-hydrogen) atoms. The molecular weight excluding hydrogens is 406 g/mol. The highest BCUT2D eigenvalue weighted by Gasteiger charge is 2.26. The number of carbonyl (C=O) groups excluding carboxylic acids is 1. The van der Waals surface area contributed by atoms with Gasteiger partial charge < -0.3 is 15.2 Å². The van der Waals surface area contributed by atoms with Gasteiger partial charge in [-0.1, -0.05) is 19.1 Å². The van der Waals surface area contributed by atoms with Gasteiger partial charge in [-0.2, -0.15) is 0 Å². The topological polar surface area (TPSA) is 93.5 Å². The number of methoxy groups -OCH3 is 1. The monoisotopic (exact) mass is 435 g/mol. The second-order valence-electron chi connectivity index (χ2n) is 8.53. The molecule has 1 amide bonds. The summed E-state index contributed by atoms with van der Waals surface area (Å²) in [5.74, 6) is 0.545. The van der Waals surface area contributed by atoms with E-state index in [9.17, 15) is 14.7 Å². The summed E-state index contributed by atoms with van der Waals surface area (Å²) in [6.07, 6.45) is 5.52. The van der Waals surface area contributed by atoms with Gasteiger partial charge in [-0.3, -0.25) is 14.2 Å². The van der Waals surface area contributed by atoms with Crippen molar-refractivity contribution in [2.75, 3.05) is 7.11 Å². The van der Waals surface area contributed by atoms with E-state index in [2.05, 4.69) is 17.2 Å². The summed E-state index contributed by atoms with van der Waals surface area (Å²) >= 11 is 0. The molecule has 0 bridgehead atoms. The van der Waals surface area contributed by atoms with Gasteiger partial charge in [0.25, 0.3) is 11.5 Å². The number of rotatable bonds is 5. The van der Waals surface area contributed by atoms with Crippen LogP contribution >= 0.6 is 0 Å². The summed E-state index contributed by atoms with van der Waals surface area (Å²) in [6.45, 7) is 4.37. The molecule has 0 aliphatic heterocycles. The van der Waals surface area contributed by atoms with Crippen LogP contribution in [0.4, 0.5) is 0 Å². The molecule has 1 fully saturated rings. The van der Waals surface area contributed by atoms with E-state index >= 15 is 0 Å². The molecule has 2 heterocycles. The van der Waals surface area contributed by atoms with Crippen molar-refractivity contribution < 1.29 is 14.6 Å². The van der Waals surface area contributed by atoms with Crippen LogP contribution in [0.1, 0.15) is 49.9 Å². The molecule has 3 aromatic rings. The third-order valence-corrected chi connectivity index (χ3v) is 6.39. The lowest BCUT2D eigenvalue weighted by molar-refractivity contribution is 0.0918. The first kappa shape index (κ1) is 21.9. The maximum Gasteiger partial charge on any atom is 0.268 e. The molecule has 0 saturated heterocycles. The minimum absolute atomic E-state index is 0.0204. The van der Waals surface area contributed by atoms with Crippen molar-refractivity contribution in [3.63, 3.8) is 0 Å². The molecule has 0 radical (unpaired) electrons. The number of nitrogens with one attached hydrogen (secondary N) is 1. The number of aromatic hydroxyl groups is 1. The van der Waals surface area contributed by atoms with Crippen LogP contribution in [0.25, 0.3) is 22.2 Å². The molecular formula is C25H29N3O4. The second-order valence-corrected chi connectivity index (χ2v) is 8.53. The van der Waals surface area contributed by atoms with Crippen molar-refractivity contribution in [1.29, 1.82) is 0 Å². The SMILES string of the molecule is CCn1c(=O)c(C(=O)NC2CCC(C)CC2)c(O)c2cc(-c3ccc(OC)cc3)cnc21. The van der Waals surface area contributed by atoms with Crippen molar-refractivity contribution in [1.82, 2.24) is 14.9 Å². The van der Waals surface area contributed by atoms with E-state index in [0.717, 1.165) is 42.6 Å². The van der Waals surface area contributed by atoms with Gasteiger partial charge in [-0.15, -0.1) is 0 Å². The fourth-order valence-electron chi connectivity index (χ4n) is 4.42. The molecule has 1 aliphatic rings. The van der Waals surface area contributed by atoms with E-state index < -0.39 is 11.5 Å². The number of aromatic nitrogens is 2. The van der Waals surface area contributed by atoms with Crippen molar-refractivity contribution in [3.8, 4) is 22.6 Å². The van der Waals surface area contributed by atoms with E-state index in [-0.39, 0.29) is 17.4 Å². The lowest BCUT2D eigenvalue weighted by Gasteiger charge is -2.27. The second kappa shape index (κ2) is 9.02. The number of benzene rings is 1. The molecule has 7 heteroatoms. The molecule has 1 aromatic carbocycles. The van der Waals surface area contributed by atoms with Crippen LogP contribution < -0.4 is 15.6 Å². The molecule has 1 aliphatic carbocycles. The quantitative estimate of drug-likeness (QED) is 0.629. The molecule has 2 N–H and O–H groups in total. The highest BCUT2D eigenvalue weighted by Crippen LogP contribution is 2.31. The normalized spacial score (nSPS) is 18.5. The summed E-state index contributed by atoms with van der Waals surface area (Å²) in [5, 5.41) is 14.4. The van der Waals surface area contributed by atoms with E-state index in [4.69, 9.17) is 4.74 Å². The Bertz CT molecular complexity index is 1190. The molecule has 168 valence electrons. The number of hydrogen-bond donors (Lipinski definition) is 2. The predicted molar refractivity (Wildman–Crippen MR) is 124 cm³/mol. The largest absolute Gasteiger partial charge is 0.506 e. The van der Waals surface area contributed by atoms with Crippen LogP contribution in [0.15, 0.2) is 41.3 Å². The number of fused-ring (bicyclic) bond motifs is 1. The minimum atomic E-state index is -0.524. The molecule has 0 spiro atoms. The van der Waals surface area contributed by atoms with Crippen LogP contribution in [-0.4, -0.2) is 33.7 Å². The smallest absolute Gasteiger partial charge is 0.268 e. The summed E-state index contributed by atoms with van der Waals surface area (Å²) in [7, 11) is 1.61. The highest BCUT2D eigenvalue weighted by atomic mass is 16.5. The Balaban J connectivity index is 1.77. The van der Waals surface area contributed by atoms with E-state index in [0.29, 0.717) is 23.5 Å². The Morgan fingerprint density at radius 3 is 2.50 bits per heavy atom. The average molecular weight is 436 g/mol. The Morgan fingerprint density at radius 2 is 1.88 bits per heavy atom. The summed E-state index contributed by atoms with van der Waals surface area (Å²) in [6, 6.07) is 9.27. The van der Waals surface area contributed by atoms with Crippen LogP contribution in [0.5, 0.6) is 11.5 Å². The summed E-state index contributed by atoms with van der Waals surface area (Å²) < 4.78 is 6.65. The zero-order chi connectivity index (χ0) is 22.8. The number of hydrogen-bond acceptors (Lipinski definition) is 5. The van der Waals surface area contributed by atoms with Gasteiger partial charge in [0, 0.05) is 24.3 Å². The first-order valence-corrected chi connectivity index (χ1v) is 11.1. The summed E-state index contributed by atoms with van der Waals surface area (Å²) in [4.78, 5) is 30.6. The zero-order valence-electron chi connectivity index (χ0n) is 18.7. The molecule has 0 atom stereocenters. The van der Waals surface area contributed by atoms with Crippen LogP contribution in [-0.2, 0) is 6.54 Å². The number of pyridine rings is 2. The first-order valence-electron chi connectivity index (χ1n) is 11.1. The van der Waals surface area contributed by atoms with E-state index in [1.165, 1.54) is 4.57 Å². The Hall–Kier alpha value is -3.35. The zero-order valence-corrected chi connectivity index (χ0v) is 18.7. The Morgan fingerprint density at radius 1 is 1.19 bits per heavy atom. The fraction of sp³-hybridized carbons (Fsp3) is 0.400. The van der Waals surface area contributed by atoms with E-state index in [1.807, 2.05) is 31.2 Å². The standard InChI is InChI=1S/C25H29N3O4/c1-4-28-23-20(13-17(14-26-23)16-7-11-19(32-3)12-8-16)22(29)21(25(28)31)24(30)27-18-9-5-15(2)6-10-18/h7-8,11-15,18,29H,4-6,9-10H2,1-3H3,(H,27,30). The number of aryl methyl sites for hydroxylation is 1. The molecule has 1 saturated carbocycles. The van der Waals surface area contributed by atoms with Gasteiger partial charge in [-0.05, 0) is 62.3 Å².